The van der Waals surface area contributed by atoms with Gasteiger partial charge >= 0.3 is 0 Å². The lowest BCUT2D eigenvalue weighted by Crippen LogP contribution is -2.28. The molecule has 2 aliphatic carbocycles. The second-order valence-electron chi connectivity index (χ2n) is 5.72. The maximum Gasteiger partial charge on any atom is 0.123 e. The van der Waals surface area contributed by atoms with Crippen molar-refractivity contribution in [2.45, 2.75) is 39.0 Å². The Hall–Kier alpha value is -1.05. The van der Waals surface area contributed by atoms with E-state index in [1.54, 1.807) is 0 Å². The second kappa shape index (κ2) is 2.55. The molecule has 1 aromatic rings. The Balaban J connectivity index is 2.18. The first-order valence-electron chi connectivity index (χ1n) is 5.78. The quantitative estimate of drug-likeness (QED) is 0.702. The first-order chi connectivity index (χ1) is 7.01. The van der Waals surface area contributed by atoms with Crippen LogP contribution in [0.1, 0.15) is 50.3 Å². The van der Waals surface area contributed by atoms with E-state index in [0.717, 1.165) is 5.92 Å². The summed E-state index contributed by atoms with van der Waals surface area (Å²) in [5.74, 6) is 2.74. The zero-order valence-electron chi connectivity index (χ0n) is 9.62. The molecular weight excluding hydrogens is 184 g/mol. The number of aromatic nitrogens is 1. The topological polar surface area (TPSA) is 38.9 Å². The van der Waals surface area contributed by atoms with Crippen molar-refractivity contribution in [3.8, 4) is 0 Å². The van der Waals surface area contributed by atoms with Crippen LogP contribution in [-0.4, -0.2) is 4.98 Å². The van der Waals surface area contributed by atoms with Crippen molar-refractivity contribution in [1.29, 1.82) is 0 Å². The van der Waals surface area contributed by atoms with Crippen LogP contribution < -0.4 is 5.73 Å². The normalized spacial score (nSPS) is 35.5. The molecule has 2 nitrogen and oxygen atoms in total. The van der Waals surface area contributed by atoms with Gasteiger partial charge in [-0.05, 0) is 35.3 Å². The molecule has 80 valence electrons. The Morgan fingerprint density at radius 1 is 1.40 bits per heavy atom. The van der Waals surface area contributed by atoms with Gasteiger partial charge in [0.05, 0.1) is 0 Å². The van der Waals surface area contributed by atoms with Gasteiger partial charge in [0.25, 0.3) is 0 Å². The summed E-state index contributed by atoms with van der Waals surface area (Å²) in [5, 5.41) is 0. The number of anilines is 1. The summed E-state index contributed by atoms with van der Waals surface area (Å²) in [7, 11) is 0. The highest BCUT2D eigenvalue weighted by Crippen LogP contribution is 2.64. The van der Waals surface area contributed by atoms with Crippen LogP contribution in [0.25, 0.3) is 0 Å². The Morgan fingerprint density at radius 3 is 2.87 bits per heavy atom. The summed E-state index contributed by atoms with van der Waals surface area (Å²) in [6.07, 6.45) is 1.28. The molecule has 0 aromatic carbocycles. The third-order valence-electron chi connectivity index (χ3n) is 4.87. The van der Waals surface area contributed by atoms with Gasteiger partial charge in [0.1, 0.15) is 5.82 Å². The van der Waals surface area contributed by atoms with Gasteiger partial charge < -0.3 is 5.73 Å². The second-order valence-corrected chi connectivity index (χ2v) is 5.72. The molecule has 0 aliphatic heterocycles. The molecule has 3 atom stereocenters. The van der Waals surface area contributed by atoms with Crippen molar-refractivity contribution in [3.63, 3.8) is 0 Å². The molecule has 0 saturated heterocycles. The Labute approximate surface area is 90.9 Å². The standard InChI is InChI=1S/C13H18N2/c1-7-9-6-10(13(7,2)3)8-4-5-11(14)15-12(8)9/h4-5,7,9-10H,6H2,1-3H3,(H2,14,15). The molecule has 1 aromatic heterocycles. The first kappa shape index (κ1) is 9.20. The lowest BCUT2D eigenvalue weighted by molar-refractivity contribution is 0.223. The fourth-order valence-electron chi connectivity index (χ4n) is 3.57. The lowest BCUT2D eigenvalue weighted by atomic mass is 9.68. The number of nitrogens with two attached hydrogens (primary N) is 1. The number of hydrogen-bond acceptors (Lipinski definition) is 2. The van der Waals surface area contributed by atoms with Gasteiger partial charge in [-0.3, -0.25) is 0 Å². The van der Waals surface area contributed by atoms with Crippen molar-refractivity contribution in [2.75, 3.05) is 5.73 Å². The average molecular weight is 202 g/mol. The van der Waals surface area contributed by atoms with Crippen LogP contribution in [-0.2, 0) is 0 Å². The summed E-state index contributed by atoms with van der Waals surface area (Å²) in [6.45, 7) is 7.14. The van der Waals surface area contributed by atoms with E-state index in [0.29, 0.717) is 23.1 Å². The molecule has 1 heterocycles. The third kappa shape index (κ3) is 0.973. The smallest absolute Gasteiger partial charge is 0.123 e. The van der Waals surface area contributed by atoms with E-state index in [2.05, 4.69) is 31.8 Å². The zero-order chi connectivity index (χ0) is 10.8. The number of fused-ring (bicyclic) bond motifs is 5. The molecule has 0 spiro atoms. The van der Waals surface area contributed by atoms with E-state index in [4.69, 9.17) is 5.73 Å². The minimum absolute atomic E-state index is 0.426. The van der Waals surface area contributed by atoms with Crippen molar-refractivity contribution in [2.24, 2.45) is 11.3 Å². The minimum atomic E-state index is 0.426. The van der Waals surface area contributed by atoms with Crippen LogP contribution in [0.2, 0.25) is 0 Å². The summed E-state index contributed by atoms with van der Waals surface area (Å²) >= 11 is 0. The minimum Gasteiger partial charge on any atom is -0.384 e. The van der Waals surface area contributed by atoms with Crippen LogP contribution in [0.3, 0.4) is 0 Å². The highest BCUT2D eigenvalue weighted by atomic mass is 14.9. The summed E-state index contributed by atoms with van der Waals surface area (Å²) in [5.41, 5.74) is 8.93. The molecule has 0 amide bonds. The molecule has 0 radical (unpaired) electrons. The Bertz CT molecular complexity index is 423. The van der Waals surface area contributed by atoms with Crippen LogP contribution in [0.5, 0.6) is 0 Å². The SMILES string of the molecule is CC1C2CC(c3ccc(N)nc32)C1(C)C. The largest absolute Gasteiger partial charge is 0.384 e. The Morgan fingerprint density at radius 2 is 2.13 bits per heavy atom. The summed E-state index contributed by atoms with van der Waals surface area (Å²) in [4.78, 5) is 4.53. The van der Waals surface area contributed by atoms with Gasteiger partial charge in [0.2, 0.25) is 0 Å². The summed E-state index contributed by atoms with van der Waals surface area (Å²) < 4.78 is 0. The van der Waals surface area contributed by atoms with Gasteiger partial charge in [-0.2, -0.15) is 0 Å². The first-order valence-corrected chi connectivity index (χ1v) is 5.78. The van der Waals surface area contributed by atoms with E-state index in [9.17, 15) is 0 Å². The molecule has 3 unspecified atom stereocenters. The monoisotopic (exact) mass is 202 g/mol. The Kier molecular flexibility index (Phi) is 1.56. The maximum absolute atomic E-state index is 5.76. The molecular formula is C13H18N2. The van der Waals surface area contributed by atoms with Crippen molar-refractivity contribution in [3.05, 3.63) is 23.4 Å². The van der Waals surface area contributed by atoms with Gasteiger partial charge in [-0.1, -0.05) is 26.8 Å². The molecule has 2 bridgehead atoms. The van der Waals surface area contributed by atoms with Crippen LogP contribution >= 0.6 is 0 Å². The molecule has 1 fully saturated rings. The maximum atomic E-state index is 5.76. The molecule has 3 rings (SSSR count). The van der Waals surface area contributed by atoms with Gasteiger partial charge in [0.15, 0.2) is 0 Å². The molecule has 2 N–H and O–H groups in total. The summed E-state index contributed by atoms with van der Waals surface area (Å²) in [6, 6.07) is 4.14. The average Bonchev–Trinajstić information content (AvgIpc) is 2.64. The fourth-order valence-corrected chi connectivity index (χ4v) is 3.57. The van der Waals surface area contributed by atoms with E-state index >= 15 is 0 Å². The predicted molar refractivity (Wildman–Crippen MR) is 61.7 cm³/mol. The molecule has 1 saturated carbocycles. The molecule has 2 heteroatoms. The third-order valence-corrected chi connectivity index (χ3v) is 4.87. The number of rotatable bonds is 0. The van der Waals surface area contributed by atoms with Gasteiger partial charge in [0, 0.05) is 11.6 Å². The number of nitrogens with zero attached hydrogens (tertiary/aromatic N) is 1. The number of pyridine rings is 1. The van der Waals surface area contributed by atoms with Crippen molar-refractivity contribution >= 4 is 5.82 Å². The number of hydrogen-bond donors (Lipinski definition) is 1. The van der Waals surface area contributed by atoms with Gasteiger partial charge in [-0.15, -0.1) is 0 Å². The van der Waals surface area contributed by atoms with Crippen molar-refractivity contribution < 1.29 is 0 Å². The van der Waals surface area contributed by atoms with Crippen LogP contribution in [0.15, 0.2) is 12.1 Å². The molecule has 2 aliphatic rings. The van der Waals surface area contributed by atoms with E-state index < -0.39 is 0 Å². The number of nitrogen functional groups attached to an aromatic ring is 1. The zero-order valence-corrected chi connectivity index (χ0v) is 9.62. The van der Waals surface area contributed by atoms with Crippen LogP contribution in [0, 0.1) is 11.3 Å². The highest BCUT2D eigenvalue weighted by molar-refractivity contribution is 5.45. The highest BCUT2D eigenvalue weighted by Gasteiger charge is 2.54. The van der Waals surface area contributed by atoms with Crippen LogP contribution in [0.4, 0.5) is 5.82 Å². The van der Waals surface area contributed by atoms with E-state index in [-0.39, 0.29) is 0 Å². The fraction of sp³-hybridized carbons (Fsp3) is 0.615. The van der Waals surface area contributed by atoms with Crippen molar-refractivity contribution in [1.82, 2.24) is 4.98 Å². The molecule has 15 heavy (non-hydrogen) atoms. The van der Waals surface area contributed by atoms with E-state index in [1.807, 2.05) is 6.07 Å². The lowest BCUT2D eigenvalue weighted by Gasteiger charge is -2.36. The van der Waals surface area contributed by atoms with Gasteiger partial charge in [-0.25, -0.2) is 4.98 Å². The predicted octanol–water partition coefficient (Wildman–Crippen LogP) is 2.91. The van der Waals surface area contributed by atoms with E-state index in [1.165, 1.54) is 17.7 Å².